The summed E-state index contributed by atoms with van der Waals surface area (Å²) in [5.41, 5.74) is 2.28. The van der Waals surface area contributed by atoms with Gasteiger partial charge in [-0.15, -0.1) is 0 Å². The standard InChI is InChI=1S/C14H16N3O/c1-11-12(5-4-6-13(11)18-3)17-10-9-16-8-7-15(2)14(16)17/h4-10H,1-3H3/q+1. The maximum absolute atomic E-state index is 5.38. The summed E-state index contributed by atoms with van der Waals surface area (Å²) in [5.74, 6) is 2.03. The summed E-state index contributed by atoms with van der Waals surface area (Å²) in [5, 5.41) is 0. The maximum atomic E-state index is 5.38. The second kappa shape index (κ2) is 3.91. The Bertz CT molecular complexity index is 709. The summed E-state index contributed by atoms with van der Waals surface area (Å²) in [6.07, 6.45) is 8.20. The van der Waals surface area contributed by atoms with Crippen molar-refractivity contribution in [2.45, 2.75) is 6.92 Å². The number of methoxy groups -OCH3 is 1. The zero-order valence-electron chi connectivity index (χ0n) is 10.8. The van der Waals surface area contributed by atoms with Crippen molar-refractivity contribution in [3.63, 3.8) is 0 Å². The van der Waals surface area contributed by atoms with E-state index in [2.05, 4.69) is 32.7 Å². The Morgan fingerprint density at radius 3 is 2.78 bits per heavy atom. The van der Waals surface area contributed by atoms with Crippen LogP contribution in [-0.4, -0.2) is 16.1 Å². The van der Waals surface area contributed by atoms with Crippen molar-refractivity contribution in [3.8, 4) is 11.4 Å². The van der Waals surface area contributed by atoms with Gasteiger partial charge in [-0.1, -0.05) is 6.07 Å². The highest BCUT2D eigenvalue weighted by atomic mass is 16.5. The number of nitrogens with zero attached hydrogens (tertiary/aromatic N) is 3. The minimum Gasteiger partial charge on any atom is -0.496 e. The van der Waals surface area contributed by atoms with Crippen molar-refractivity contribution in [3.05, 3.63) is 48.5 Å². The number of rotatable bonds is 2. The lowest BCUT2D eigenvalue weighted by atomic mass is 10.2. The van der Waals surface area contributed by atoms with E-state index in [1.807, 2.05) is 37.8 Å². The van der Waals surface area contributed by atoms with Crippen LogP contribution in [0.5, 0.6) is 5.75 Å². The molecule has 92 valence electrons. The summed E-state index contributed by atoms with van der Waals surface area (Å²) < 4.78 is 11.7. The molecule has 18 heavy (non-hydrogen) atoms. The average molecular weight is 242 g/mol. The Kier molecular flexibility index (Phi) is 2.37. The van der Waals surface area contributed by atoms with Crippen LogP contribution in [0, 0.1) is 6.92 Å². The normalized spacial score (nSPS) is 11.1. The van der Waals surface area contributed by atoms with Crippen LogP contribution in [0.3, 0.4) is 0 Å². The zero-order valence-corrected chi connectivity index (χ0v) is 10.8. The smallest absolute Gasteiger partial charge is 0.373 e. The molecule has 2 aromatic heterocycles. The lowest BCUT2D eigenvalue weighted by Gasteiger charge is -2.08. The monoisotopic (exact) mass is 242 g/mol. The van der Waals surface area contributed by atoms with E-state index in [9.17, 15) is 0 Å². The fourth-order valence-corrected chi connectivity index (χ4v) is 2.38. The third-order valence-corrected chi connectivity index (χ3v) is 3.32. The van der Waals surface area contributed by atoms with Gasteiger partial charge in [-0.25, -0.2) is 13.5 Å². The third kappa shape index (κ3) is 1.42. The molecule has 0 radical (unpaired) electrons. The van der Waals surface area contributed by atoms with Gasteiger partial charge >= 0.3 is 5.78 Å². The van der Waals surface area contributed by atoms with Gasteiger partial charge in [0, 0.05) is 5.56 Å². The Morgan fingerprint density at radius 2 is 2.00 bits per heavy atom. The molecule has 4 nitrogen and oxygen atoms in total. The molecule has 0 aliphatic heterocycles. The van der Waals surface area contributed by atoms with Gasteiger partial charge in [0.15, 0.2) is 0 Å². The third-order valence-electron chi connectivity index (χ3n) is 3.32. The lowest BCUT2D eigenvalue weighted by Crippen LogP contribution is -2.28. The summed E-state index contributed by atoms with van der Waals surface area (Å²) in [4.78, 5) is 0. The van der Waals surface area contributed by atoms with Crippen molar-refractivity contribution >= 4 is 5.78 Å². The van der Waals surface area contributed by atoms with Gasteiger partial charge in [-0.3, -0.25) is 0 Å². The number of imidazole rings is 2. The molecule has 0 N–H and O–H groups in total. The molecule has 0 aliphatic carbocycles. The van der Waals surface area contributed by atoms with Gasteiger partial charge in [0.2, 0.25) is 0 Å². The van der Waals surface area contributed by atoms with E-state index in [1.54, 1.807) is 7.11 Å². The van der Waals surface area contributed by atoms with Crippen molar-refractivity contribution in [1.29, 1.82) is 0 Å². The van der Waals surface area contributed by atoms with Crippen LogP contribution in [0.25, 0.3) is 11.5 Å². The molecule has 0 saturated heterocycles. The molecule has 0 bridgehead atoms. The van der Waals surface area contributed by atoms with E-state index in [4.69, 9.17) is 4.74 Å². The van der Waals surface area contributed by atoms with Crippen molar-refractivity contribution < 1.29 is 9.30 Å². The summed E-state index contributed by atoms with van der Waals surface area (Å²) >= 11 is 0. The first-order valence-corrected chi connectivity index (χ1v) is 5.90. The van der Waals surface area contributed by atoms with Gasteiger partial charge in [0.25, 0.3) is 0 Å². The molecule has 2 heterocycles. The molecule has 0 saturated carbocycles. The van der Waals surface area contributed by atoms with Crippen LogP contribution in [0.4, 0.5) is 0 Å². The predicted octanol–water partition coefficient (Wildman–Crippen LogP) is 1.87. The van der Waals surface area contributed by atoms with Crippen LogP contribution in [0.15, 0.2) is 43.0 Å². The van der Waals surface area contributed by atoms with Crippen LogP contribution in [0.2, 0.25) is 0 Å². The first-order valence-electron chi connectivity index (χ1n) is 5.90. The molecule has 4 heteroatoms. The van der Waals surface area contributed by atoms with Gasteiger partial charge in [-0.2, -0.15) is 0 Å². The fourth-order valence-electron chi connectivity index (χ4n) is 2.38. The van der Waals surface area contributed by atoms with Crippen LogP contribution >= 0.6 is 0 Å². The molecule has 0 amide bonds. The van der Waals surface area contributed by atoms with Crippen LogP contribution in [-0.2, 0) is 7.05 Å². The molecule has 3 rings (SSSR count). The van der Waals surface area contributed by atoms with E-state index < -0.39 is 0 Å². The van der Waals surface area contributed by atoms with Crippen LogP contribution < -0.4 is 9.30 Å². The summed E-state index contributed by atoms with van der Waals surface area (Å²) in [6, 6.07) is 6.10. The molecular formula is C14H16N3O+. The number of fused-ring (bicyclic) bond motifs is 1. The number of aromatic nitrogens is 3. The molecule has 0 atom stereocenters. The van der Waals surface area contributed by atoms with Gasteiger partial charge in [0.05, 0.1) is 20.4 Å². The number of hydrogen-bond donors (Lipinski definition) is 0. The minimum absolute atomic E-state index is 0.911. The Morgan fingerprint density at radius 1 is 1.17 bits per heavy atom. The molecule has 0 spiro atoms. The second-order valence-electron chi connectivity index (χ2n) is 4.39. The summed E-state index contributed by atoms with van der Waals surface area (Å²) in [6.45, 7) is 2.08. The van der Waals surface area contributed by atoms with E-state index >= 15 is 0 Å². The van der Waals surface area contributed by atoms with E-state index in [-0.39, 0.29) is 0 Å². The van der Waals surface area contributed by atoms with Crippen LogP contribution in [0.1, 0.15) is 5.56 Å². The van der Waals surface area contributed by atoms with Crippen molar-refractivity contribution in [2.24, 2.45) is 7.05 Å². The highest BCUT2D eigenvalue weighted by Gasteiger charge is 2.17. The quantitative estimate of drug-likeness (QED) is 0.629. The van der Waals surface area contributed by atoms with Gasteiger partial charge < -0.3 is 4.74 Å². The first kappa shape index (κ1) is 10.9. The SMILES string of the molecule is COc1cccc(-n2ccn3cc[n+](C)c23)c1C. The largest absolute Gasteiger partial charge is 0.496 e. The van der Waals surface area contributed by atoms with E-state index in [0.29, 0.717) is 0 Å². The molecular weight excluding hydrogens is 226 g/mol. The van der Waals surface area contributed by atoms with E-state index in [1.165, 1.54) is 0 Å². The molecule has 3 aromatic rings. The summed E-state index contributed by atoms with van der Waals surface area (Å²) in [7, 11) is 3.75. The van der Waals surface area contributed by atoms with Crippen molar-refractivity contribution in [1.82, 2.24) is 8.97 Å². The lowest BCUT2D eigenvalue weighted by molar-refractivity contribution is -0.646. The minimum atomic E-state index is 0.911. The predicted molar refractivity (Wildman–Crippen MR) is 69.2 cm³/mol. The molecule has 0 aliphatic rings. The molecule has 0 unspecified atom stereocenters. The Labute approximate surface area is 106 Å². The average Bonchev–Trinajstić information content (AvgIpc) is 2.94. The molecule has 1 aromatic carbocycles. The number of benzene rings is 1. The van der Waals surface area contributed by atoms with E-state index in [0.717, 1.165) is 22.8 Å². The number of aryl methyl sites for hydroxylation is 1. The Hall–Kier alpha value is -2.23. The zero-order chi connectivity index (χ0) is 12.7. The topological polar surface area (TPSA) is 22.4 Å². The maximum Gasteiger partial charge on any atom is 0.373 e. The van der Waals surface area contributed by atoms with Gasteiger partial charge in [0.1, 0.15) is 30.0 Å². The second-order valence-corrected chi connectivity index (χ2v) is 4.39. The fraction of sp³-hybridized carbons (Fsp3) is 0.214. The van der Waals surface area contributed by atoms with Crippen molar-refractivity contribution in [2.75, 3.05) is 7.11 Å². The highest BCUT2D eigenvalue weighted by molar-refractivity contribution is 5.52. The first-order chi connectivity index (χ1) is 8.72. The number of hydrogen-bond acceptors (Lipinski definition) is 1. The van der Waals surface area contributed by atoms with Gasteiger partial charge in [-0.05, 0) is 19.1 Å². The highest BCUT2D eigenvalue weighted by Crippen LogP contribution is 2.24. The Balaban J connectivity index is 2.29. The number of ether oxygens (including phenoxy) is 1. The molecule has 0 fully saturated rings.